The number of nitrogens with zero attached hydrogens (tertiary/aromatic N) is 2. The van der Waals surface area contributed by atoms with Crippen LogP contribution < -0.4 is 4.74 Å². The molecular formula is C11H5Br2FN2O3. The zero-order chi connectivity index (χ0) is 14.0. The van der Waals surface area contributed by atoms with Gasteiger partial charge in [0, 0.05) is 21.2 Å². The first-order chi connectivity index (χ1) is 8.97. The molecule has 0 saturated carbocycles. The van der Waals surface area contributed by atoms with Crippen molar-refractivity contribution in [2.75, 3.05) is 0 Å². The molecule has 0 amide bonds. The molecular weight excluding hydrogens is 387 g/mol. The van der Waals surface area contributed by atoms with Crippen LogP contribution in [0.4, 0.5) is 10.1 Å². The lowest BCUT2D eigenvalue weighted by Crippen LogP contribution is -1.97. The number of aromatic nitrogens is 1. The Morgan fingerprint density at radius 3 is 2.63 bits per heavy atom. The zero-order valence-corrected chi connectivity index (χ0v) is 12.3. The number of rotatable bonds is 3. The summed E-state index contributed by atoms with van der Waals surface area (Å²) in [4.78, 5) is 14.0. The predicted octanol–water partition coefficient (Wildman–Crippen LogP) is 4.45. The van der Waals surface area contributed by atoms with Crippen LogP contribution in [0.1, 0.15) is 0 Å². The smallest absolute Gasteiger partial charge is 0.332 e. The maximum Gasteiger partial charge on any atom is 0.332 e. The number of nitro groups is 1. The van der Waals surface area contributed by atoms with E-state index in [0.717, 1.165) is 0 Å². The summed E-state index contributed by atoms with van der Waals surface area (Å²) >= 11 is 6.17. The minimum Gasteiger partial charge on any atom is -0.431 e. The van der Waals surface area contributed by atoms with Gasteiger partial charge in [0.25, 0.3) is 5.88 Å². The molecule has 1 aromatic carbocycles. The molecule has 0 spiro atoms. The third kappa shape index (κ3) is 3.27. The molecule has 0 fully saturated rings. The van der Waals surface area contributed by atoms with Crippen molar-refractivity contribution < 1.29 is 14.1 Å². The Kier molecular flexibility index (Phi) is 4.11. The lowest BCUT2D eigenvalue weighted by molar-refractivity contribution is -0.386. The quantitative estimate of drug-likeness (QED) is 0.572. The van der Waals surface area contributed by atoms with Gasteiger partial charge in [0.2, 0.25) is 0 Å². The monoisotopic (exact) mass is 390 g/mol. The topological polar surface area (TPSA) is 65.3 Å². The summed E-state index contributed by atoms with van der Waals surface area (Å²) in [7, 11) is 0. The molecule has 98 valence electrons. The molecule has 0 unspecified atom stereocenters. The Balaban J connectivity index is 2.40. The minimum absolute atomic E-state index is 0.138. The van der Waals surface area contributed by atoms with E-state index < -0.39 is 10.7 Å². The van der Waals surface area contributed by atoms with E-state index in [9.17, 15) is 14.5 Å². The standard InChI is InChI=1S/C11H5Br2FN2O3/c12-6-1-2-10(8(14)3-6)19-11-9(16(17)18)4-7(13)5-15-11/h1-5H. The molecule has 5 nitrogen and oxygen atoms in total. The van der Waals surface area contributed by atoms with Gasteiger partial charge in [0.1, 0.15) is 0 Å². The Labute approximate surface area is 123 Å². The lowest BCUT2D eigenvalue weighted by Gasteiger charge is -2.06. The Hall–Kier alpha value is -1.54. The summed E-state index contributed by atoms with van der Waals surface area (Å²) in [5.41, 5.74) is -0.350. The number of hydrogen-bond acceptors (Lipinski definition) is 4. The van der Waals surface area contributed by atoms with Crippen molar-refractivity contribution in [1.82, 2.24) is 4.98 Å². The maximum absolute atomic E-state index is 13.6. The van der Waals surface area contributed by atoms with Gasteiger partial charge in [-0.25, -0.2) is 9.37 Å². The second kappa shape index (κ2) is 5.62. The van der Waals surface area contributed by atoms with Gasteiger partial charge in [-0.2, -0.15) is 0 Å². The van der Waals surface area contributed by atoms with Gasteiger partial charge in [0.15, 0.2) is 11.6 Å². The predicted molar refractivity (Wildman–Crippen MR) is 72.8 cm³/mol. The van der Waals surface area contributed by atoms with Crippen molar-refractivity contribution in [3.05, 3.63) is 55.3 Å². The zero-order valence-electron chi connectivity index (χ0n) is 9.14. The maximum atomic E-state index is 13.6. The van der Waals surface area contributed by atoms with Gasteiger partial charge in [0.05, 0.1) is 4.92 Å². The highest BCUT2D eigenvalue weighted by Crippen LogP contribution is 2.32. The van der Waals surface area contributed by atoms with Gasteiger partial charge in [-0.05, 0) is 34.1 Å². The van der Waals surface area contributed by atoms with Gasteiger partial charge in [-0.15, -0.1) is 0 Å². The van der Waals surface area contributed by atoms with E-state index in [0.29, 0.717) is 8.95 Å². The highest BCUT2D eigenvalue weighted by atomic mass is 79.9. The molecule has 8 heteroatoms. The van der Waals surface area contributed by atoms with Crippen LogP contribution in [0.2, 0.25) is 0 Å². The van der Waals surface area contributed by atoms with Gasteiger partial charge in [-0.3, -0.25) is 10.1 Å². The highest BCUT2D eigenvalue weighted by molar-refractivity contribution is 9.10. The van der Waals surface area contributed by atoms with Crippen molar-refractivity contribution in [3.8, 4) is 11.6 Å². The number of benzene rings is 1. The third-order valence-electron chi connectivity index (χ3n) is 2.10. The van der Waals surface area contributed by atoms with E-state index in [2.05, 4.69) is 36.8 Å². The van der Waals surface area contributed by atoms with E-state index in [1.807, 2.05) is 0 Å². The molecule has 0 N–H and O–H groups in total. The molecule has 1 heterocycles. The van der Waals surface area contributed by atoms with E-state index in [4.69, 9.17) is 4.74 Å². The first kappa shape index (κ1) is 13.9. The average molecular weight is 392 g/mol. The molecule has 0 aliphatic heterocycles. The van der Waals surface area contributed by atoms with Crippen LogP contribution in [0.5, 0.6) is 11.6 Å². The van der Waals surface area contributed by atoms with E-state index in [-0.39, 0.29) is 17.3 Å². The van der Waals surface area contributed by atoms with Crippen molar-refractivity contribution in [1.29, 1.82) is 0 Å². The van der Waals surface area contributed by atoms with Crippen LogP contribution in [-0.4, -0.2) is 9.91 Å². The Morgan fingerprint density at radius 2 is 2.00 bits per heavy atom. The van der Waals surface area contributed by atoms with Crippen LogP contribution >= 0.6 is 31.9 Å². The molecule has 0 aliphatic rings. The van der Waals surface area contributed by atoms with Crippen molar-refractivity contribution >= 4 is 37.5 Å². The fraction of sp³-hybridized carbons (Fsp3) is 0. The van der Waals surface area contributed by atoms with Crippen LogP contribution in [0, 0.1) is 15.9 Å². The summed E-state index contributed by atoms with van der Waals surface area (Å²) in [5, 5.41) is 10.9. The van der Waals surface area contributed by atoms with Crippen LogP contribution in [0.25, 0.3) is 0 Å². The molecule has 2 aromatic rings. The van der Waals surface area contributed by atoms with Gasteiger partial charge >= 0.3 is 5.69 Å². The third-order valence-corrected chi connectivity index (χ3v) is 3.02. The minimum atomic E-state index is -0.649. The van der Waals surface area contributed by atoms with E-state index in [1.165, 1.54) is 24.4 Å². The number of halogens is 3. The fourth-order valence-electron chi connectivity index (χ4n) is 1.29. The Morgan fingerprint density at radius 1 is 1.26 bits per heavy atom. The summed E-state index contributed by atoms with van der Waals surface area (Å²) in [6.07, 6.45) is 1.33. The van der Waals surface area contributed by atoms with E-state index in [1.54, 1.807) is 6.07 Å². The molecule has 0 radical (unpaired) electrons. The fourth-order valence-corrected chi connectivity index (χ4v) is 1.94. The summed E-state index contributed by atoms with van der Waals surface area (Å²) in [6.45, 7) is 0. The van der Waals surface area contributed by atoms with Crippen LogP contribution in [-0.2, 0) is 0 Å². The second-order valence-corrected chi connectivity index (χ2v) is 5.24. The SMILES string of the molecule is O=[N+]([O-])c1cc(Br)cnc1Oc1ccc(Br)cc1F. The highest BCUT2D eigenvalue weighted by Gasteiger charge is 2.19. The molecule has 2 rings (SSSR count). The second-order valence-electron chi connectivity index (χ2n) is 3.41. The average Bonchev–Trinajstić information content (AvgIpc) is 2.34. The summed E-state index contributed by atoms with van der Waals surface area (Å²) in [6, 6.07) is 5.34. The lowest BCUT2D eigenvalue weighted by atomic mass is 10.3. The van der Waals surface area contributed by atoms with Crippen molar-refractivity contribution in [2.24, 2.45) is 0 Å². The molecule has 0 atom stereocenters. The largest absolute Gasteiger partial charge is 0.431 e. The summed E-state index contributed by atoms with van der Waals surface area (Å²) in [5.74, 6) is -1.05. The van der Waals surface area contributed by atoms with Crippen molar-refractivity contribution in [2.45, 2.75) is 0 Å². The molecule has 0 bridgehead atoms. The van der Waals surface area contributed by atoms with E-state index >= 15 is 0 Å². The van der Waals surface area contributed by atoms with Gasteiger partial charge < -0.3 is 4.74 Å². The number of ether oxygens (including phenoxy) is 1. The van der Waals surface area contributed by atoms with Crippen molar-refractivity contribution in [3.63, 3.8) is 0 Å². The first-order valence-electron chi connectivity index (χ1n) is 4.90. The normalized spacial score (nSPS) is 10.3. The van der Waals surface area contributed by atoms with Crippen LogP contribution in [0.3, 0.4) is 0 Å². The molecule has 0 aliphatic carbocycles. The molecule has 0 saturated heterocycles. The number of hydrogen-bond donors (Lipinski definition) is 0. The number of pyridine rings is 1. The Bertz CT molecular complexity index is 652. The molecule has 19 heavy (non-hydrogen) atoms. The first-order valence-corrected chi connectivity index (χ1v) is 6.49. The van der Waals surface area contributed by atoms with Crippen LogP contribution in [0.15, 0.2) is 39.4 Å². The summed E-state index contributed by atoms with van der Waals surface area (Å²) < 4.78 is 19.7. The van der Waals surface area contributed by atoms with Gasteiger partial charge in [-0.1, -0.05) is 15.9 Å². The molecule has 1 aromatic heterocycles.